The summed E-state index contributed by atoms with van der Waals surface area (Å²) in [4.78, 5) is 24.6. The van der Waals surface area contributed by atoms with Crippen molar-refractivity contribution in [2.75, 3.05) is 13.2 Å². The summed E-state index contributed by atoms with van der Waals surface area (Å²) < 4.78 is 10.7. The van der Waals surface area contributed by atoms with Gasteiger partial charge in [0.2, 0.25) is 0 Å². The van der Waals surface area contributed by atoms with Gasteiger partial charge in [-0.25, -0.2) is 0 Å². The Morgan fingerprint density at radius 3 is 0.771 bits per heavy atom. The average molecular weight is 988 g/mol. The highest BCUT2D eigenvalue weighted by molar-refractivity contribution is 5.70. The number of carbonyl (C=O) groups is 2. The zero-order valence-electron chi connectivity index (χ0n) is 47.8. The Hall–Kier alpha value is -1.36. The molecule has 0 fully saturated rings. The third-order valence-electron chi connectivity index (χ3n) is 15.1. The van der Waals surface area contributed by atoms with Crippen molar-refractivity contribution < 1.29 is 24.2 Å². The molecule has 0 amide bonds. The van der Waals surface area contributed by atoms with Gasteiger partial charge in [0.1, 0.15) is 6.61 Å². The van der Waals surface area contributed by atoms with Crippen LogP contribution in [0.5, 0.6) is 0 Å². The van der Waals surface area contributed by atoms with Crippen LogP contribution < -0.4 is 0 Å². The van der Waals surface area contributed by atoms with E-state index >= 15 is 0 Å². The van der Waals surface area contributed by atoms with E-state index in [2.05, 4.69) is 26.0 Å². The van der Waals surface area contributed by atoms with Crippen molar-refractivity contribution in [3.8, 4) is 0 Å². The minimum Gasteiger partial charge on any atom is -0.462 e. The van der Waals surface area contributed by atoms with Crippen molar-refractivity contribution in [3.63, 3.8) is 0 Å². The molecule has 0 aliphatic heterocycles. The van der Waals surface area contributed by atoms with Crippen LogP contribution in [0.2, 0.25) is 0 Å². The summed E-state index contributed by atoms with van der Waals surface area (Å²) in [6.45, 7) is 4.21. The lowest BCUT2D eigenvalue weighted by Crippen LogP contribution is -2.28. The molecule has 0 saturated carbocycles. The smallest absolute Gasteiger partial charge is 0.306 e. The highest BCUT2D eigenvalue weighted by Gasteiger charge is 2.16. The van der Waals surface area contributed by atoms with Crippen LogP contribution in [-0.2, 0) is 19.1 Å². The Morgan fingerprint density at radius 2 is 0.529 bits per heavy atom. The number of unbranched alkanes of at least 4 members (excludes halogenated alkanes) is 51. The lowest BCUT2D eigenvalue weighted by atomic mass is 10.0. The lowest BCUT2D eigenvalue weighted by molar-refractivity contribution is -0.161. The summed E-state index contributed by atoms with van der Waals surface area (Å²) in [7, 11) is 0. The van der Waals surface area contributed by atoms with E-state index in [-0.39, 0.29) is 25.2 Å². The van der Waals surface area contributed by atoms with E-state index in [1.807, 2.05) is 0 Å². The maximum atomic E-state index is 12.3. The van der Waals surface area contributed by atoms with Gasteiger partial charge in [-0.3, -0.25) is 9.59 Å². The zero-order chi connectivity index (χ0) is 50.6. The van der Waals surface area contributed by atoms with Crippen LogP contribution in [0.4, 0.5) is 0 Å². The van der Waals surface area contributed by atoms with Crippen LogP contribution in [0.1, 0.15) is 373 Å². The van der Waals surface area contributed by atoms with Gasteiger partial charge in [-0.05, 0) is 38.5 Å². The van der Waals surface area contributed by atoms with E-state index in [0.717, 1.165) is 32.1 Å². The third kappa shape index (κ3) is 59.2. The maximum Gasteiger partial charge on any atom is 0.306 e. The van der Waals surface area contributed by atoms with E-state index in [0.29, 0.717) is 12.8 Å². The molecule has 70 heavy (non-hydrogen) atoms. The molecule has 0 aromatic heterocycles. The van der Waals surface area contributed by atoms with Crippen molar-refractivity contribution in [3.05, 3.63) is 12.2 Å². The Balaban J connectivity index is 3.38. The Labute approximate surface area is 439 Å². The van der Waals surface area contributed by atoms with Crippen LogP contribution in [0.15, 0.2) is 12.2 Å². The van der Waals surface area contributed by atoms with Crippen LogP contribution in [0.25, 0.3) is 0 Å². The first-order chi connectivity index (χ1) is 34.6. The van der Waals surface area contributed by atoms with Crippen LogP contribution in [0, 0.1) is 0 Å². The first kappa shape index (κ1) is 68.6. The number of aliphatic hydroxyl groups is 1. The fraction of sp³-hybridized carbons (Fsp3) is 0.938. The molecule has 0 heterocycles. The number of hydrogen-bond acceptors (Lipinski definition) is 5. The monoisotopic (exact) mass is 987 g/mol. The molecule has 0 aromatic carbocycles. The molecule has 5 heteroatoms. The molecule has 416 valence electrons. The molecule has 0 spiro atoms. The molecule has 5 nitrogen and oxygen atoms in total. The van der Waals surface area contributed by atoms with Crippen molar-refractivity contribution in [2.24, 2.45) is 0 Å². The first-order valence-corrected chi connectivity index (χ1v) is 32.2. The SMILES string of the molecule is CCCCCCCCCC/C=C\CCCCCCCCCCCCCCCCCCCCCC(=O)OC(CO)COC(=O)CCCCCCCCCCCCCCCCCCCCCCCCCCC. The molecule has 1 atom stereocenters. The van der Waals surface area contributed by atoms with Gasteiger partial charge >= 0.3 is 11.9 Å². The normalized spacial score (nSPS) is 12.1. The van der Waals surface area contributed by atoms with E-state index < -0.39 is 6.10 Å². The number of rotatable bonds is 61. The standard InChI is InChI=1S/C65H126O5/c1-3-5-7-9-11-13-15-17-19-21-23-25-27-29-30-31-32-33-34-36-38-40-42-44-46-48-50-52-54-56-58-60-65(68)70-63(61-66)62-69-64(67)59-57-55-53-51-49-47-45-43-41-39-37-35-28-26-24-22-20-18-16-14-12-10-8-6-4-2/h21,23,63,66H,3-20,22,24-62H2,1-2H3/b23-21-. The molecule has 1 unspecified atom stereocenters. The Bertz CT molecular complexity index is 1030. The highest BCUT2D eigenvalue weighted by atomic mass is 16.6. The van der Waals surface area contributed by atoms with Crippen molar-refractivity contribution >= 4 is 11.9 Å². The minimum atomic E-state index is -0.766. The highest BCUT2D eigenvalue weighted by Crippen LogP contribution is 2.19. The van der Waals surface area contributed by atoms with Gasteiger partial charge in [-0.15, -0.1) is 0 Å². The molecule has 0 rings (SSSR count). The second-order valence-electron chi connectivity index (χ2n) is 22.2. The summed E-state index contributed by atoms with van der Waals surface area (Å²) in [5.74, 6) is -0.563. The predicted octanol–water partition coefficient (Wildman–Crippen LogP) is 21.9. The van der Waals surface area contributed by atoms with Gasteiger partial charge in [0.15, 0.2) is 6.10 Å². The van der Waals surface area contributed by atoms with E-state index in [4.69, 9.17) is 9.47 Å². The van der Waals surface area contributed by atoms with Gasteiger partial charge < -0.3 is 14.6 Å². The first-order valence-electron chi connectivity index (χ1n) is 32.2. The summed E-state index contributed by atoms with van der Waals surface area (Å²) >= 11 is 0. The summed E-state index contributed by atoms with van der Waals surface area (Å²) in [5, 5.41) is 9.68. The lowest BCUT2D eigenvalue weighted by Gasteiger charge is -2.15. The second-order valence-corrected chi connectivity index (χ2v) is 22.2. The topological polar surface area (TPSA) is 72.8 Å². The molecule has 0 aliphatic carbocycles. The number of carbonyl (C=O) groups excluding carboxylic acids is 2. The fourth-order valence-corrected chi connectivity index (χ4v) is 10.2. The molecule has 0 bridgehead atoms. The number of esters is 2. The van der Waals surface area contributed by atoms with Crippen molar-refractivity contribution in [1.29, 1.82) is 0 Å². The average Bonchev–Trinajstić information content (AvgIpc) is 3.36. The Kier molecular flexibility index (Phi) is 60.7. The van der Waals surface area contributed by atoms with E-state index in [1.165, 1.54) is 315 Å². The summed E-state index contributed by atoms with van der Waals surface area (Å²) in [5.41, 5.74) is 0. The zero-order valence-corrected chi connectivity index (χ0v) is 47.8. The second kappa shape index (κ2) is 61.9. The number of hydrogen-bond donors (Lipinski definition) is 1. The van der Waals surface area contributed by atoms with Gasteiger partial charge in [0.25, 0.3) is 0 Å². The van der Waals surface area contributed by atoms with Crippen LogP contribution in [-0.4, -0.2) is 36.4 Å². The molecular weight excluding hydrogens is 861 g/mol. The number of aliphatic hydroxyl groups excluding tert-OH is 1. The largest absolute Gasteiger partial charge is 0.462 e. The number of allylic oxidation sites excluding steroid dienone is 2. The van der Waals surface area contributed by atoms with Gasteiger partial charge in [0, 0.05) is 12.8 Å². The quantitative estimate of drug-likeness (QED) is 0.0373. The Morgan fingerprint density at radius 1 is 0.314 bits per heavy atom. The summed E-state index contributed by atoms with van der Waals surface area (Å²) in [6, 6.07) is 0. The molecule has 1 N–H and O–H groups in total. The number of ether oxygens (including phenoxy) is 2. The van der Waals surface area contributed by atoms with E-state index in [1.54, 1.807) is 0 Å². The molecule has 0 aromatic rings. The van der Waals surface area contributed by atoms with Gasteiger partial charge in [-0.1, -0.05) is 334 Å². The third-order valence-corrected chi connectivity index (χ3v) is 15.1. The van der Waals surface area contributed by atoms with Crippen molar-refractivity contribution in [2.45, 2.75) is 380 Å². The minimum absolute atomic E-state index is 0.0568. The van der Waals surface area contributed by atoms with Crippen molar-refractivity contribution in [1.82, 2.24) is 0 Å². The van der Waals surface area contributed by atoms with E-state index in [9.17, 15) is 14.7 Å². The molecule has 0 aliphatic rings. The van der Waals surface area contributed by atoms with Gasteiger partial charge in [-0.2, -0.15) is 0 Å². The van der Waals surface area contributed by atoms with Gasteiger partial charge in [0.05, 0.1) is 6.61 Å². The van der Waals surface area contributed by atoms with Crippen LogP contribution >= 0.6 is 0 Å². The maximum absolute atomic E-state index is 12.3. The summed E-state index contributed by atoms with van der Waals surface area (Å²) in [6.07, 6.45) is 78.0. The molecule has 0 saturated heterocycles. The fourth-order valence-electron chi connectivity index (χ4n) is 10.2. The molecular formula is C65H126O5. The van der Waals surface area contributed by atoms with Crippen LogP contribution in [0.3, 0.4) is 0 Å². The predicted molar refractivity (Wildman–Crippen MR) is 307 cm³/mol. The molecule has 0 radical (unpaired) electrons.